The predicted octanol–water partition coefficient (Wildman–Crippen LogP) is 4.09. The van der Waals surface area contributed by atoms with Gasteiger partial charge in [-0.3, -0.25) is 9.59 Å². The molecule has 1 heterocycles. The maximum absolute atomic E-state index is 12.8. The van der Waals surface area contributed by atoms with Crippen molar-refractivity contribution in [3.63, 3.8) is 0 Å². The molecule has 0 radical (unpaired) electrons. The number of amides is 2. The van der Waals surface area contributed by atoms with Crippen LogP contribution in [-0.4, -0.2) is 54.9 Å². The fraction of sp³-hybridized carbons (Fsp3) is 0.321. The largest absolute Gasteiger partial charge is 0.487 e. The van der Waals surface area contributed by atoms with Gasteiger partial charge < -0.3 is 25.6 Å². The number of rotatable bonds is 11. The number of benzene rings is 2. The molecule has 36 heavy (non-hydrogen) atoms. The van der Waals surface area contributed by atoms with E-state index in [4.69, 9.17) is 4.74 Å². The molecule has 8 heteroatoms. The first-order valence-corrected chi connectivity index (χ1v) is 12.2. The maximum atomic E-state index is 12.8. The van der Waals surface area contributed by atoms with Crippen molar-refractivity contribution < 1.29 is 14.3 Å². The summed E-state index contributed by atoms with van der Waals surface area (Å²) in [5.74, 6) is 1.10. The third kappa shape index (κ3) is 7.29. The van der Waals surface area contributed by atoms with Crippen LogP contribution < -0.4 is 20.7 Å². The van der Waals surface area contributed by atoms with Crippen LogP contribution in [-0.2, 0) is 6.61 Å². The zero-order chi connectivity index (χ0) is 25.5. The van der Waals surface area contributed by atoms with E-state index in [9.17, 15) is 9.59 Å². The van der Waals surface area contributed by atoms with E-state index in [2.05, 4.69) is 25.8 Å². The number of likely N-dealkylation sites (N-methyl/N-ethyl adjacent to an activating group) is 1. The Labute approximate surface area is 212 Å². The molecule has 0 atom stereocenters. The van der Waals surface area contributed by atoms with Crippen molar-refractivity contribution in [1.29, 1.82) is 0 Å². The molecule has 0 aliphatic heterocycles. The summed E-state index contributed by atoms with van der Waals surface area (Å²) >= 11 is 0. The van der Waals surface area contributed by atoms with Crippen LogP contribution in [0.15, 0.2) is 60.7 Å². The zero-order valence-electron chi connectivity index (χ0n) is 21.0. The number of aryl methyl sites for hydroxylation is 1. The Morgan fingerprint density at radius 1 is 1.00 bits per heavy atom. The van der Waals surface area contributed by atoms with Crippen LogP contribution in [0, 0.1) is 6.92 Å². The van der Waals surface area contributed by atoms with E-state index >= 15 is 0 Å². The first-order valence-electron chi connectivity index (χ1n) is 12.2. The molecular weight excluding hydrogens is 454 g/mol. The summed E-state index contributed by atoms with van der Waals surface area (Å²) in [6.45, 7) is 3.95. The van der Waals surface area contributed by atoms with Gasteiger partial charge in [0.2, 0.25) is 0 Å². The van der Waals surface area contributed by atoms with Crippen molar-refractivity contribution in [1.82, 2.24) is 15.2 Å². The van der Waals surface area contributed by atoms with Gasteiger partial charge in [-0.2, -0.15) is 0 Å². The number of ether oxygens (including phenoxy) is 1. The van der Waals surface area contributed by atoms with E-state index in [1.165, 1.54) is 0 Å². The van der Waals surface area contributed by atoms with Crippen LogP contribution in [0.4, 0.5) is 11.5 Å². The molecule has 1 aliphatic carbocycles. The van der Waals surface area contributed by atoms with Crippen molar-refractivity contribution in [3.05, 3.63) is 83.0 Å². The number of carbonyl (C=O) groups excluding carboxylic acids is 2. The second kappa shape index (κ2) is 11.7. The highest BCUT2D eigenvalue weighted by molar-refractivity contribution is 6.05. The highest BCUT2D eigenvalue weighted by Gasteiger charge is 2.24. The van der Waals surface area contributed by atoms with Crippen LogP contribution in [0.5, 0.6) is 5.75 Å². The summed E-state index contributed by atoms with van der Waals surface area (Å²) in [7, 11) is 4.06. The van der Waals surface area contributed by atoms with E-state index in [1.54, 1.807) is 36.4 Å². The fourth-order valence-electron chi connectivity index (χ4n) is 3.51. The predicted molar refractivity (Wildman–Crippen MR) is 142 cm³/mol. The molecule has 2 amide bonds. The van der Waals surface area contributed by atoms with Crippen LogP contribution in [0.1, 0.15) is 44.8 Å². The highest BCUT2D eigenvalue weighted by atomic mass is 16.5. The Bertz CT molecular complexity index is 1210. The third-order valence-corrected chi connectivity index (χ3v) is 5.84. The van der Waals surface area contributed by atoms with Gasteiger partial charge in [0.15, 0.2) is 0 Å². The van der Waals surface area contributed by atoms with Crippen molar-refractivity contribution in [2.24, 2.45) is 0 Å². The van der Waals surface area contributed by atoms with Gasteiger partial charge in [0.25, 0.3) is 11.8 Å². The Kier molecular flexibility index (Phi) is 8.17. The SMILES string of the molecule is Cc1ccc(C(=O)NC2CC2)cc1NC(=O)c1ccc(OCc2cccc(NCCN(C)C)n2)cc1. The average Bonchev–Trinajstić information content (AvgIpc) is 3.68. The fourth-order valence-corrected chi connectivity index (χ4v) is 3.51. The van der Waals surface area contributed by atoms with Crippen LogP contribution in [0.25, 0.3) is 0 Å². The minimum absolute atomic E-state index is 0.112. The zero-order valence-corrected chi connectivity index (χ0v) is 21.0. The molecule has 1 saturated carbocycles. The molecule has 3 aromatic rings. The quantitative estimate of drug-likeness (QED) is 0.377. The number of pyridine rings is 1. The van der Waals surface area contributed by atoms with Gasteiger partial charge in [-0.25, -0.2) is 4.98 Å². The lowest BCUT2D eigenvalue weighted by molar-refractivity contribution is 0.0949. The second-order valence-corrected chi connectivity index (χ2v) is 9.29. The lowest BCUT2D eigenvalue weighted by Crippen LogP contribution is -2.25. The maximum Gasteiger partial charge on any atom is 0.255 e. The topological polar surface area (TPSA) is 95.6 Å². The Hall–Kier alpha value is -3.91. The highest BCUT2D eigenvalue weighted by Crippen LogP contribution is 2.22. The van der Waals surface area contributed by atoms with Crippen LogP contribution in [0.3, 0.4) is 0 Å². The first kappa shape index (κ1) is 25.2. The van der Waals surface area contributed by atoms with Crippen LogP contribution in [0.2, 0.25) is 0 Å². The van der Waals surface area contributed by atoms with E-state index in [0.29, 0.717) is 29.2 Å². The lowest BCUT2D eigenvalue weighted by atomic mass is 10.1. The van der Waals surface area contributed by atoms with E-state index < -0.39 is 0 Å². The summed E-state index contributed by atoms with van der Waals surface area (Å²) < 4.78 is 5.87. The van der Waals surface area contributed by atoms with Crippen molar-refractivity contribution in [2.45, 2.75) is 32.4 Å². The van der Waals surface area contributed by atoms with Gasteiger partial charge in [-0.05, 0) is 88.0 Å². The number of aromatic nitrogens is 1. The van der Waals surface area contributed by atoms with Gasteiger partial charge in [-0.1, -0.05) is 12.1 Å². The smallest absolute Gasteiger partial charge is 0.255 e. The van der Waals surface area contributed by atoms with Gasteiger partial charge in [0, 0.05) is 35.9 Å². The average molecular weight is 488 g/mol. The van der Waals surface area contributed by atoms with Crippen molar-refractivity contribution >= 4 is 23.3 Å². The minimum atomic E-state index is -0.248. The standard InChI is InChI=1S/C28H33N5O3/c1-19-7-8-21(28(35)31-22-11-12-22)17-25(19)32-27(34)20-9-13-24(14-10-20)36-18-23-5-4-6-26(30-23)29-15-16-33(2)3/h4-10,13-14,17,22H,11-12,15-16,18H2,1-3H3,(H,29,30)(H,31,35)(H,32,34). The number of nitrogens with one attached hydrogen (secondary N) is 3. The Morgan fingerprint density at radius 2 is 1.75 bits per heavy atom. The normalized spacial score (nSPS) is 12.8. The number of hydrogen-bond acceptors (Lipinski definition) is 6. The van der Waals surface area contributed by atoms with Gasteiger partial charge >= 0.3 is 0 Å². The summed E-state index contributed by atoms with van der Waals surface area (Å²) in [6.07, 6.45) is 2.05. The molecule has 3 N–H and O–H groups in total. The summed E-state index contributed by atoms with van der Waals surface area (Å²) in [5, 5.41) is 9.19. The Morgan fingerprint density at radius 3 is 2.47 bits per heavy atom. The van der Waals surface area contributed by atoms with E-state index in [-0.39, 0.29) is 17.9 Å². The van der Waals surface area contributed by atoms with Crippen molar-refractivity contribution in [3.8, 4) is 5.75 Å². The van der Waals surface area contributed by atoms with Gasteiger partial charge in [-0.15, -0.1) is 0 Å². The molecule has 1 aromatic heterocycles. The number of anilines is 2. The third-order valence-electron chi connectivity index (χ3n) is 5.84. The molecule has 188 valence electrons. The molecule has 0 saturated heterocycles. The molecular formula is C28H33N5O3. The van der Waals surface area contributed by atoms with Crippen molar-refractivity contribution in [2.75, 3.05) is 37.8 Å². The molecule has 4 rings (SSSR count). The molecule has 1 aliphatic rings. The molecule has 0 unspecified atom stereocenters. The van der Waals surface area contributed by atoms with E-state index in [1.807, 2.05) is 45.3 Å². The van der Waals surface area contributed by atoms with Crippen LogP contribution >= 0.6 is 0 Å². The number of hydrogen-bond donors (Lipinski definition) is 3. The number of nitrogens with zero attached hydrogens (tertiary/aromatic N) is 2. The van der Waals surface area contributed by atoms with Gasteiger partial charge in [0.05, 0.1) is 5.69 Å². The number of carbonyl (C=O) groups is 2. The lowest BCUT2D eigenvalue weighted by Gasteiger charge is -2.12. The van der Waals surface area contributed by atoms with Gasteiger partial charge in [0.1, 0.15) is 18.2 Å². The molecule has 8 nitrogen and oxygen atoms in total. The summed E-state index contributed by atoms with van der Waals surface area (Å²) in [5.41, 5.74) is 3.36. The molecule has 2 aromatic carbocycles. The first-order chi connectivity index (χ1) is 17.4. The minimum Gasteiger partial charge on any atom is -0.487 e. The monoisotopic (exact) mass is 487 g/mol. The summed E-state index contributed by atoms with van der Waals surface area (Å²) in [6, 6.07) is 18.4. The molecule has 0 bridgehead atoms. The van der Waals surface area contributed by atoms with E-state index in [0.717, 1.165) is 43.0 Å². The molecule has 0 spiro atoms. The summed E-state index contributed by atoms with van der Waals surface area (Å²) in [4.78, 5) is 31.9. The second-order valence-electron chi connectivity index (χ2n) is 9.29. The molecule has 1 fully saturated rings. The Balaban J connectivity index is 1.31.